The predicted molar refractivity (Wildman–Crippen MR) is 91.1 cm³/mol. The number of aryl methyl sites for hydroxylation is 1. The maximum Gasteiger partial charge on any atom is 0.407 e. The summed E-state index contributed by atoms with van der Waals surface area (Å²) in [7, 11) is 0. The Kier molecular flexibility index (Phi) is 6.88. The molecule has 124 valence electrons. The van der Waals surface area contributed by atoms with Crippen LogP contribution in [0.25, 0.3) is 0 Å². The normalized spacial score (nSPS) is 12.8. The molecule has 0 spiro atoms. The van der Waals surface area contributed by atoms with Gasteiger partial charge in [-0.05, 0) is 57.7 Å². The van der Waals surface area contributed by atoms with Crippen molar-refractivity contribution < 1.29 is 9.53 Å². The van der Waals surface area contributed by atoms with Gasteiger partial charge in [0.25, 0.3) is 0 Å². The molecule has 4 nitrogen and oxygen atoms in total. The second-order valence-corrected chi connectivity index (χ2v) is 6.73. The number of rotatable bonds is 6. The minimum atomic E-state index is -0.460. The van der Waals surface area contributed by atoms with E-state index in [2.05, 4.69) is 49.6 Å². The molecule has 0 fully saturated rings. The van der Waals surface area contributed by atoms with Crippen LogP contribution in [0.1, 0.15) is 50.8 Å². The topological polar surface area (TPSA) is 50.4 Å². The van der Waals surface area contributed by atoms with Crippen LogP contribution in [0.15, 0.2) is 18.2 Å². The molecule has 1 amide bonds. The van der Waals surface area contributed by atoms with E-state index in [9.17, 15) is 4.79 Å². The fourth-order valence-corrected chi connectivity index (χ4v) is 2.14. The Morgan fingerprint density at radius 3 is 2.55 bits per heavy atom. The summed E-state index contributed by atoms with van der Waals surface area (Å²) in [5.41, 5.74) is 3.47. The van der Waals surface area contributed by atoms with Crippen LogP contribution >= 0.6 is 0 Å². The van der Waals surface area contributed by atoms with Crippen molar-refractivity contribution in [1.82, 2.24) is 10.6 Å². The van der Waals surface area contributed by atoms with Crippen LogP contribution in [0, 0.1) is 13.8 Å². The molecular formula is C18H30N2O2. The molecule has 1 unspecified atom stereocenters. The van der Waals surface area contributed by atoms with Gasteiger partial charge in [0.15, 0.2) is 0 Å². The fraction of sp³-hybridized carbons (Fsp3) is 0.611. The van der Waals surface area contributed by atoms with Crippen LogP contribution in [0.4, 0.5) is 4.79 Å². The van der Waals surface area contributed by atoms with Gasteiger partial charge in [-0.2, -0.15) is 0 Å². The second-order valence-electron chi connectivity index (χ2n) is 6.73. The van der Waals surface area contributed by atoms with Crippen molar-refractivity contribution in [3.8, 4) is 0 Å². The first-order valence-electron chi connectivity index (χ1n) is 7.98. The molecule has 4 heteroatoms. The highest BCUT2D eigenvalue weighted by Gasteiger charge is 2.17. The summed E-state index contributed by atoms with van der Waals surface area (Å²) in [4.78, 5) is 11.7. The van der Waals surface area contributed by atoms with Crippen LogP contribution in [0.2, 0.25) is 0 Å². The molecule has 0 aliphatic rings. The Hall–Kier alpha value is -1.55. The van der Waals surface area contributed by atoms with E-state index in [-0.39, 0.29) is 12.1 Å². The zero-order valence-corrected chi connectivity index (χ0v) is 14.7. The van der Waals surface area contributed by atoms with E-state index in [1.54, 1.807) is 0 Å². The van der Waals surface area contributed by atoms with Crippen molar-refractivity contribution in [3.05, 3.63) is 34.9 Å². The highest BCUT2D eigenvalue weighted by Crippen LogP contribution is 2.12. The first kappa shape index (κ1) is 18.5. The quantitative estimate of drug-likeness (QED) is 0.842. The fourth-order valence-electron chi connectivity index (χ4n) is 2.14. The third kappa shape index (κ3) is 6.48. The van der Waals surface area contributed by atoms with E-state index in [0.29, 0.717) is 6.54 Å². The summed E-state index contributed by atoms with van der Waals surface area (Å²) in [6.07, 6.45) is 0.584. The third-order valence-corrected chi connectivity index (χ3v) is 3.68. The van der Waals surface area contributed by atoms with Crippen molar-refractivity contribution in [2.75, 3.05) is 6.54 Å². The van der Waals surface area contributed by atoms with Gasteiger partial charge in [0.05, 0.1) is 0 Å². The van der Waals surface area contributed by atoms with Crippen LogP contribution < -0.4 is 10.6 Å². The summed E-state index contributed by atoms with van der Waals surface area (Å²) >= 11 is 0. The maximum atomic E-state index is 11.7. The lowest BCUT2D eigenvalue weighted by molar-refractivity contribution is 0.0522. The van der Waals surface area contributed by atoms with Crippen molar-refractivity contribution >= 4 is 6.09 Å². The van der Waals surface area contributed by atoms with Crippen molar-refractivity contribution in [3.63, 3.8) is 0 Å². The van der Waals surface area contributed by atoms with Gasteiger partial charge in [0, 0.05) is 19.1 Å². The average Bonchev–Trinajstić information content (AvgIpc) is 2.41. The van der Waals surface area contributed by atoms with Crippen molar-refractivity contribution in [1.29, 1.82) is 0 Å². The summed E-state index contributed by atoms with van der Waals surface area (Å²) in [6, 6.07) is 6.58. The Morgan fingerprint density at radius 1 is 1.27 bits per heavy atom. The van der Waals surface area contributed by atoms with Gasteiger partial charge in [0.1, 0.15) is 5.60 Å². The molecule has 0 heterocycles. The van der Waals surface area contributed by atoms with Crippen LogP contribution in [0.5, 0.6) is 0 Å². The van der Waals surface area contributed by atoms with Gasteiger partial charge in [0.2, 0.25) is 0 Å². The molecule has 2 N–H and O–H groups in total. The number of hydrogen-bond donors (Lipinski definition) is 2. The molecule has 0 radical (unpaired) electrons. The number of carbonyl (C=O) groups is 1. The zero-order valence-electron chi connectivity index (χ0n) is 14.7. The predicted octanol–water partition coefficient (Wildman–Crippen LogP) is 3.70. The number of nitrogens with one attached hydrogen (secondary N) is 2. The minimum Gasteiger partial charge on any atom is -0.444 e. The highest BCUT2D eigenvalue weighted by atomic mass is 16.6. The Balaban J connectivity index is 2.45. The summed E-state index contributed by atoms with van der Waals surface area (Å²) in [6.45, 7) is 13.3. The lowest BCUT2D eigenvalue weighted by Gasteiger charge is -2.22. The number of carbonyl (C=O) groups excluding carboxylic acids is 1. The van der Waals surface area contributed by atoms with Crippen LogP contribution in [-0.4, -0.2) is 24.3 Å². The number of amides is 1. The Labute approximate surface area is 134 Å². The van der Waals surface area contributed by atoms with Crippen molar-refractivity contribution in [2.45, 2.75) is 66.2 Å². The van der Waals surface area contributed by atoms with E-state index in [4.69, 9.17) is 4.74 Å². The molecule has 1 rings (SSSR count). The van der Waals surface area contributed by atoms with E-state index < -0.39 is 5.60 Å². The molecule has 0 saturated heterocycles. The van der Waals surface area contributed by atoms with E-state index in [0.717, 1.165) is 13.0 Å². The molecule has 0 aliphatic carbocycles. The minimum absolute atomic E-state index is 0.229. The summed E-state index contributed by atoms with van der Waals surface area (Å²) < 4.78 is 5.25. The zero-order chi connectivity index (χ0) is 16.8. The smallest absolute Gasteiger partial charge is 0.407 e. The molecule has 0 bridgehead atoms. The number of alkyl carbamates (subject to hydrolysis) is 1. The van der Waals surface area contributed by atoms with Gasteiger partial charge in [-0.15, -0.1) is 0 Å². The van der Waals surface area contributed by atoms with Crippen molar-refractivity contribution in [2.24, 2.45) is 0 Å². The molecular weight excluding hydrogens is 276 g/mol. The lowest BCUT2D eigenvalue weighted by atomic mass is 10.0. The van der Waals surface area contributed by atoms with E-state index in [1.807, 2.05) is 20.8 Å². The number of ether oxygens (including phenoxy) is 1. The SMILES string of the molecule is CCC(CNC(=O)OC(C)(C)C)NCc1cccc(C)c1C. The summed E-state index contributed by atoms with van der Waals surface area (Å²) in [5.74, 6) is 0. The van der Waals surface area contributed by atoms with Gasteiger partial charge in [-0.25, -0.2) is 4.79 Å². The third-order valence-electron chi connectivity index (χ3n) is 3.68. The number of hydrogen-bond acceptors (Lipinski definition) is 3. The van der Waals surface area contributed by atoms with Gasteiger partial charge >= 0.3 is 6.09 Å². The molecule has 22 heavy (non-hydrogen) atoms. The van der Waals surface area contributed by atoms with Gasteiger partial charge in [-0.3, -0.25) is 0 Å². The molecule has 0 aromatic heterocycles. The maximum absolute atomic E-state index is 11.7. The molecule has 1 aromatic carbocycles. The first-order chi connectivity index (χ1) is 10.2. The van der Waals surface area contributed by atoms with E-state index >= 15 is 0 Å². The molecule has 0 aliphatic heterocycles. The first-order valence-corrected chi connectivity index (χ1v) is 7.98. The lowest BCUT2D eigenvalue weighted by Crippen LogP contribution is -2.42. The largest absolute Gasteiger partial charge is 0.444 e. The molecule has 1 aromatic rings. The highest BCUT2D eigenvalue weighted by molar-refractivity contribution is 5.67. The van der Waals surface area contributed by atoms with Gasteiger partial charge < -0.3 is 15.4 Å². The van der Waals surface area contributed by atoms with Crippen LogP contribution in [0.3, 0.4) is 0 Å². The molecule has 0 saturated carbocycles. The average molecular weight is 306 g/mol. The summed E-state index contributed by atoms with van der Waals surface area (Å²) in [5, 5.41) is 6.33. The second kappa shape index (κ2) is 8.18. The van der Waals surface area contributed by atoms with E-state index in [1.165, 1.54) is 16.7 Å². The van der Waals surface area contributed by atoms with Gasteiger partial charge in [-0.1, -0.05) is 25.1 Å². The number of benzene rings is 1. The monoisotopic (exact) mass is 306 g/mol. The Bertz CT molecular complexity index is 492. The molecule has 1 atom stereocenters. The Morgan fingerprint density at radius 2 is 1.95 bits per heavy atom. The van der Waals surface area contributed by atoms with Crippen LogP contribution in [-0.2, 0) is 11.3 Å². The standard InChI is InChI=1S/C18H30N2O2/c1-7-16(12-20-17(21)22-18(4,5)6)19-11-15-10-8-9-13(2)14(15)3/h8-10,16,19H,7,11-12H2,1-6H3,(H,20,21).